The van der Waals surface area contributed by atoms with Gasteiger partial charge in [0.1, 0.15) is 12.2 Å². The van der Waals surface area contributed by atoms with E-state index in [0.29, 0.717) is 6.61 Å². The lowest BCUT2D eigenvalue weighted by Crippen LogP contribution is -2.16. The summed E-state index contributed by atoms with van der Waals surface area (Å²) in [4.78, 5) is 11.0. The summed E-state index contributed by atoms with van der Waals surface area (Å²) in [6, 6.07) is 9.18. The van der Waals surface area contributed by atoms with Crippen molar-refractivity contribution in [1.82, 2.24) is 5.43 Å². The lowest BCUT2D eigenvalue weighted by atomic mass is 10.2. The largest absolute Gasteiger partial charge is 0.494 e. The minimum atomic E-state index is -0.422. The van der Waals surface area contributed by atoms with Gasteiger partial charge in [-0.1, -0.05) is 25.5 Å². The summed E-state index contributed by atoms with van der Waals surface area (Å²) < 4.78 is 5.56. The molecule has 0 aliphatic heterocycles. The first-order valence-electron chi connectivity index (χ1n) is 6.18. The molecule has 1 N–H and O–H groups in total. The lowest BCUT2D eigenvalue weighted by Gasteiger charge is -2.05. The first-order chi connectivity index (χ1) is 9.26. The highest BCUT2D eigenvalue weighted by Gasteiger charge is 1.97. The number of nitrogens with one attached hydrogen (secondary N) is 1. The van der Waals surface area contributed by atoms with E-state index in [1.165, 1.54) is 6.21 Å². The fourth-order valence-corrected chi connectivity index (χ4v) is 1.31. The molecule has 19 heavy (non-hydrogen) atoms. The number of carbonyl (C=O) groups is 1. The number of carbonyl (C=O) groups excluding carboxylic acids is 1. The number of nitrogens with zero attached hydrogens (tertiary/aromatic N) is 2. The molecular weight excluding hydrogens is 242 g/mol. The van der Waals surface area contributed by atoms with Gasteiger partial charge in [-0.3, -0.25) is 4.79 Å². The van der Waals surface area contributed by atoms with E-state index in [2.05, 4.69) is 17.5 Å². The van der Waals surface area contributed by atoms with E-state index < -0.39 is 5.91 Å². The second-order valence-corrected chi connectivity index (χ2v) is 3.90. The van der Waals surface area contributed by atoms with Crippen molar-refractivity contribution in [1.29, 1.82) is 5.26 Å². The Bertz CT molecular complexity index is 478. The second kappa shape index (κ2) is 8.70. The van der Waals surface area contributed by atoms with Gasteiger partial charge in [0.15, 0.2) is 0 Å². The van der Waals surface area contributed by atoms with E-state index in [1.807, 2.05) is 24.3 Å². The van der Waals surface area contributed by atoms with Crippen LogP contribution in [0.15, 0.2) is 29.4 Å². The molecule has 0 aromatic heterocycles. The second-order valence-electron chi connectivity index (χ2n) is 3.90. The molecule has 1 aromatic carbocycles. The smallest absolute Gasteiger partial charge is 0.254 e. The maximum Gasteiger partial charge on any atom is 0.254 e. The highest BCUT2D eigenvalue weighted by atomic mass is 16.5. The number of hydrogen-bond acceptors (Lipinski definition) is 4. The molecule has 0 heterocycles. The van der Waals surface area contributed by atoms with Gasteiger partial charge in [-0.15, -0.1) is 0 Å². The predicted octanol–water partition coefficient (Wildman–Crippen LogP) is 2.23. The normalized spacial score (nSPS) is 10.1. The fourth-order valence-electron chi connectivity index (χ4n) is 1.31. The summed E-state index contributed by atoms with van der Waals surface area (Å²) in [5.74, 6) is 0.356. The van der Waals surface area contributed by atoms with Gasteiger partial charge in [-0.2, -0.15) is 10.4 Å². The van der Waals surface area contributed by atoms with Gasteiger partial charge in [-0.05, 0) is 24.1 Å². The summed E-state index contributed by atoms with van der Waals surface area (Å²) >= 11 is 0. The summed E-state index contributed by atoms with van der Waals surface area (Å²) in [7, 11) is 0. The van der Waals surface area contributed by atoms with Crippen LogP contribution in [-0.2, 0) is 4.79 Å². The molecule has 0 bridgehead atoms. The van der Waals surface area contributed by atoms with Gasteiger partial charge in [0.05, 0.1) is 18.9 Å². The Balaban J connectivity index is 2.50. The van der Waals surface area contributed by atoms with Crippen LogP contribution in [0.2, 0.25) is 0 Å². The Hall–Kier alpha value is -2.35. The van der Waals surface area contributed by atoms with Gasteiger partial charge < -0.3 is 4.74 Å². The third-order valence-corrected chi connectivity index (χ3v) is 2.27. The molecule has 0 radical (unpaired) electrons. The molecule has 1 amide bonds. The van der Waals surface area contributed by atoms with E-state index in [1.54, 1.807) is 6.07 Å². The molecule has 5 heteroatoms. The van der Waals surface area contributed by atoms with Crippen LogP contribution in [-0.4, -0.2) is 18.7 Å². The van der Waals surface area contributed by atoms with E-state index >= 15 is 0 Å². The summed E-state index contributed by atoms with van der Waals surface area (Å²) in [6.07, 6.45) is 3.42. The zero-order valence-electron chi connectivity index (χ0n) is 10.9. The van der Waals surface area contributed by atoms with Crippen LogP contribution in [0.3, 0.4) is 0 Å². The Morgan fingerprint density at radius 1 is 1.58 bits per heavy atom. The molecule has 0 fully saturated rings. The highest BCUT2D eigenvalue weighted by molar-refractivity contribution is 5.83. The zero-order chi connectivity index (χ0) is 13.9. The van der Waals surface area contributed by atoms with Crippen molar-refractivity contribution in [2.75, 3.05) is 6.61 Å². The average molecular weight is 259 g/mol. The number of hydrazone groups is 1. The van der Waals surface area contributed by atoms with Crippen molar-refractivity contribution >= 4 is 12.1 Å². The number of benzene rings is 1. The van der Waals surface area contributed by atoms with E-state index in [-0.39, 0.29) is 6.42 Å². The molecule has 1 aromatic rings. The number of hydrogen-bond donors (Lipinski definition) is 1. The van der Waals surface area contributed by atoms with Crippen molar-refractivity contribution in [2.45, 2.75) is 26.2 Å². The van der Waals surface area contributed by atoms with Crippen LogP contribution >= 0.6 is 0 Å². The molecule has 0 saturated heterocycles. The molecule has 0 aliphatic carbocycles. The van der Waals surface area contributed by atoms with Crippen LogP contribution in [0.25, 0.3) is 0 Å². The SMILES string of the molecule is CCCCOc1cccc(/C=N/NC(=O)CC#N)c1. The van der Waals surface area contributed by atoms with Crippen molar-refractivity contribution in [3.05, 3.63) is 29.8 Å². The van der Waals surface area contributed by atoms with E-state index in [4.69, 9.17) is 10.00 Å². The van der Waals surface area contributed by atoms with Crippen LogP contribution in [0.4, 0.5) is 0 Å². The molecule has 0 saturated carbocycles. The first kappa shape index (κ1) is 14.7. The molecule has 100 valence electrons. The quantitative estimate of drug-likeness (QED) is 0.463. The Morgan fingerprint density at radius 2 is 2.42 bits per heavy atom. The highest BCUT2D eigenvalue weighted by Crippen LogP contribution is 2.12. The first-order valence-corrected chi connectivity index (χ1v) is 6.18. The van der Waals surface area contributed by atoms with Crippen molar-refractivity contribution < 1.29 is 9.53 Å². The molecule has 0 aliphatic rings. The Labute approximate surface area is 112 Å². The molecule has 5 nitrogen and oxygen atoms in total. The zero-order valence-corrected chi connectivity index (χ0v) is 10.9. The van der Waals surface area contributed by atoms with Crippen LogP contribution in [0.1, 0.15) is 31.7 Å². The molecule has 0 atom stereocenters. The third-order valence-electron chi connectivity index (χ3n) is 2.27. The average Bonchev–Trinajstić information content (AvgIpc) is 2.40. The van der Waals surface area contributed by atoms with Crippen LogP contribution < -0.4 is 10.2 Å². The van der Waals surface area contributed by atoms with Gasteiger partial charge >= 0.3 is 0 Å². The minimum absolute atomic E-state index is 0.197. The van der Waals surface area contributed by atoms with Crippen molar-refractivity contribution in [3.63, 3.8) is 0 Å². The number of rotatable bonds is 7. The molecule has 1 rings (SSSR count). The van der Waals surface area contributed by atoms with Gasteiger partial charge in [0.25, 0.3) is 5.91 Å². The number of nitriles is 1. The third kappa shape index (κ3) is 6.22. The summed E-state index contributed by atoms with van der Waals surface area (Å²) in [5.41, 5.74) is 3.10. The molecule has 0 spiro atoms. The Kier molecular flexibility index (Phi) is 6.73. The minimum Gasteiger partial charge on any atom is -0.494 e. The molecule has 0 unspecified atom stereocenters. The van der Waals surface area contributed by atoms with Crippen LogP contribution in [0.5, 0.6) is 5.75 Å². The predicted molar refractivity (Wildman–Crippen MR) is 72.8 cm³/mol. The fraction of sp³-hybridized carbons (Fsp3) is 0.357. The number of unbranched alkanes of at least 4 members (excludes halogenated alkanes) is 1. The standard InChI is InChI=1S/C14H17N3O2/c1-2-3-9-19-13-6-4-5-12(10-13)11-16-17-14(18)7-8-15/h4-6,10-11H,2-3,7,9H2,1H3,(H,17,18)/b16-11+. The maximum absolute atomic E-state index is 11.0. The lowest BCUT2D eigenvalue weighted by molar-refractivity contribution is -0.120. The number of amides is 1. The van der Waals surface area contributed by atoms with E-state index in [9.17, 15) is 4.79 Å². The maximum atomic E-state index is 11.0. The molecular formula is C14H17N3O2. The van der Waals surface area contributed by atoms with Gasteiger partial charge in [0, 0.05) is 0 Å². The van der Waals surface area contributed by atoms with Crippen LogP contribution in [0, 0.1) is 11.3 Å². The monoisotopic (exact) mass is 259 g/mol. The van der Waals surface area contributed by atoms with Gasteiger partial charge in [0.2, 0.25) is 0 Å². The van der Waals surface area contributed by atoms with Crippen molar-refractivity contribution in [3.8, 4) is 11.8 Å². The topological polar surface area (TPSA) is 74.5 Å². The summed E-state index contributed by atoms with van der Waals surface area (Å²) in [5, 5.41) is 12.1. The Morgan fingerprint density at radius 3 is 3.16 bits per heavy atom. The van der Waals surface area contributed by atoms with Crippen molar-refractivity contribution in [2.24, 2.45) is 5.10 Å². The van der Waals surface area contributed by atoms with E-state index in [0.717, 1.165) is 24.2 Å². The number of ether oxygens (including phenoxy) is 1. The van der Waals surface area contributed by atoms with Gasteiger partial charge in [-0.25, -0.2) is 5.43 Å². The summed E-state index contributed by atoms with van der Waals surface area (Å²) in [6.45, 7) is 2.80.